The second kappa shape index (κ2) is 10.8. The topological polar surface area (TPSA) is 88.3 Å². The van der Waals surface area contributed by atoms with Crippen molar-refractivity contribution in [2.24, 2.45) is 5.73 Å². The van der Waals surface area contributed by atoms with Crippen LogP contribution in [0, 0.1) is 20.8 Å². The fourth-order valence-electron chi connectivity index (χ4n) is 4.55. The van der Waals surface area contributed by atoms with Gasteiger partial charge in [-0.1, -0.05) is 17.7 Å². The second-order valence-corrected chi connectivity index (χ2v) is 8.59. The molecule has 0 aliphatic carbocycles. The molecule has 1 amide bonds. The molecule has 1 aliphatic rings. The van der Waals surface area contributed by atoms with Crippen molar-refractivity contribution in [2.75, 3.05) is 46.4 Å². The standard InChI is InChI=1S/C25H35N3O4/c1-17-13-18(2)23(19(3)14-17)24(25(26)30)28-11-9-27(10-12-28)15-20(29)16-32-22-7-5-21(31-4)6-8-22/h5-8,13-14,20,24,29H,9-12,15-16H2,1-4H3,(H2,26,30). The molecule has 1 fully saturated rings. The lowest BCUT2D eigenvalue weighted by molar-refractivity contribution is -0.124. The van der Waals surface area contributed by atoms with Crippen molar-refractivity contribution in [1.82, 2.24) is 9.80 Å². The van der Waals surface area contributed by atoms with E-state index in [2.05, 4.69) is 28.9 Å². The number of nitrogens with zero attached hydrogens (tertiary/aromatic N) is 2. The SMILES string of the molecule is COc1ccc(OCC(O)CN2CCN(C(C(N)=O)c3c(C)cc(C)cc3C)CC2)cc1. The number of ether oxygens (including phenoxy) is 2. The minimum Gasteiger partial charge on any atom is -0.497 e. The highest BCUT2D eigenvalue weighted by Crippen LogP contribution is 2.29. The minimum absolute atomic E-state index is 0.220. The molecule has 0 saturated carbocycles. The maximum absolute atomic E-state index is 12.4. The Hall–Kier alpha value is -2.61. The van der Waals surface area contributed by atoms with Gasteiger partial charge in [-0.3, -0.25) is 14.6 Å². The summed E-state index contributed by atoms with van der Waals surface area (Å²) in [6, 6.07) is 11.1. The highest BCUT2D eigenvalue weighted by atomic mass is 16.5. The number of hydrogen-bond donors (Lipinski definition) is 2. The Kier molecular flexibility index (Phi) is 8.12. The van der Waals surface area contributed by atoms with E-state index in [0.717, 1.165) is 35.5 Å². The van der Waals surface area contributed by atoms with Crippen LogP contribution in [-0.2, 0) is 4.79 Å². The first-order valence-corrected chi connectivity index (χ1v) is 11.1. The molecule has 1 heterocycles. The number of primary amides is 1. The van der Waals surface area contributed by atoms with Crippen LogP contribution < -0.4 is 15.2 Å². The van der Waals surface area contributed by atoms with E-state index < -0.39 is 12.1 Å². The number of β-amino-alcohol motifs (C(OH)–C–C–N with tert-alkyl or cyclic N) is 1. The number of amides is 1. The number of aliphatic hydroxyl groups is 1. The summed E-state index contributed by atoms with van der Waals surface area (Å²) in [5, 5.41) is 10.4. The molecule has 7 heteroatoms. The predicted molar refractivity (Wildman–Crippen MR) is 125 cm³/mol. The van der Waals surface area contributed by atoms with Gasteiger partial charge in [0.25, 0.3) is 0 Å². The molecule has 3 rings (SSSR count). The normalized spacial score (nSPS) is 17.0. The molecule has 32 heavy (non-hydrogen) atoms. The summed E-state index contributed by atoms with van der Waals surface area (Å²) >= 11 is 0. The molecule has 0 spiro atoms. The molecule has 3 N–H and O–H groups in total. The molecule has 1 aliphatic heterocycles. The van der Waals surface area contributed by atoms with Crippen LogP contribution in [0.25, 0.3) is 0 Å². The third-order valence-electron chi connectivity index (χ3n) is 6.02. The Balaban J connectivity index is 1.53. The van der Waals surface area contributed by atoms with Crippen LogP contribution in [-0.4, -0.2) is 73.4 Å². The largest absolute Gasteiger partial charge is 0.497 e. The molecule has 2 atom stereocenters. The zero-order chi connectivity index (χ0) is 23.3. The van der Waals surface area contributed by atoms with Crippen LogP contribution in [0.3, 0.4) is 0 Å². The van der Waals surface area contributed by atoms with Gasteiger partial charge in [-0.25, -0.2) is 0 Å². The molecule has 2 aromatic carbocycles. The van der Waals surface area contributed by atoms with Gasteiger partial charge in [-0.2, -0.15) is 0 Å². The Morgan fingerprint density at radius 1 is 1.03 bits per heavy atom. The Morgan fingerprint density at radius 2 is 1.59 bits per heavy atom. The van der Waals surface area contributed by atoms with Crippen molar-refractivity contribution in [3.8, 4) is 11.5 Å². The van der Waals surface area contributed by atoms with Gasteiger partial charge in [0.1, 0.15) is 30.3 Å². The van der Waals surface area contributed by atoms with Crippen LogP contribution >= 0.6 is 0 Å². The zero-order valence-electron chi connectivity index (χ0n) is 19.5. The number of benzene rings is 2. The second-order valence-electron chi connectivity index (χ2n) is 8.59. The Labute approximate surface area is 190 Å². The van der Waals surface area contributed by atoms with Crippen LogP contribution in [0.15, 0.2) is 36.4 Å². The summed E-state index contributed by atoms with van der Waals surface area (Å²) in [6.45, 7) is 9.83. The number of aliphatic hydroxyl groups excluding tert-OH is 1. The fraction of sp³-hybridized carbons (Fsp3) is 0.480. The number of piperazine rings is 1. The maximum Gasteiger partial charge on any atom is 0.239 e. The van der Waals surface area contributed by atoms with Crippen LogP contribution in [0.1, 0.15) is 28.3 Å². The lowest BCUT2D eigenvalue weighted by Crippen LogP contribution is -2.52. The molecule has 2 unspecified atom stereocenters. The predicted octanol–water partition coefficient (Wildman–Crippen LogP) is 2.20. The third-order valence-corrected chi connectivity index (χ3v) is 6.02. The molecule has 0 radical (unpaired) electrons. The van der Waals surface area contributed by atoms with Crippen LogP contribution in [0.5, 0.6) is 11.5 Å². The average Bonchev–Trinajstić information content (AvgIpc) is 2.75. The van der Waals surface area contributed by atoms with Crippen molar-refractivity contribution in [1.29, 1.82) is 0 Å². The summed E-state index contributed by atoms with van der Waals surface area (Å²) in [6.07, 6.45) is -0.600. The number of carbonyl (C=O) groups excluding carboxylic acids is 1. The first-order valence-electron chi connectivity index (χ1n) is 11.1. The lowest BCUT2D eigenvalue weighted by atomic mass is 9.92. The summed E-state index contributed by atoms with van der Waals surface area (Å²) in [7, 11) is 1.62. The van der Waals surface area contributed by atoms with E-state index in [1.807, 2.05) is 38.1 Å². The van der Waals surface area contributed by atoms with Gasteiger partial charge in [0.05, 0.1) is 7.11 Å². The van der Waals surface area contributed by atoms with Crippen molar-refractivity contribution in [3.05, 3.63) is 58.7 Å². The van der Waals surface area contributed by atoms with Gasteiger partial charge in [-0.05, 0) is 61.7 Å². The molecule has 174 valence electrons. The number of hydrogen-bond acceptors (Lipinski definition) is 6. The van der Waals surface area contributed by atoms with E-state index >= 15 is 0 Å². The fourth-order valence-corrected chi connectivity index (χ4v) is 4.55. The molecule has 2 aromatic rings. The van der Waals surface area contributed by atoms with Gasteiger partial charge in [0, 0.05) is 32.7 Å². The lowest BCUT2D eigenvalue weighted by Gasteiger charge is -2.39. The van der Waals surface area contributed by atoms with Gasteiger partial charge < -0.3 is 20.3 Å². The summed E-state index contributed by atoms with van der Waals surface area (Å²) < 4.78 is 10.8. The number of rotatable bonds is 9. The van der Waals surface area contributed by atoms with Gasteiger partial charge in [0.15, 0.2) is 0 Å². The Bertz CT molecular complexity index is 885. The van der Waals surface area contributed by atoms with Gasteiger partial charge in [0.2, 0.25) is 5.91 Å². The highest BCUT2D eigenvalue weighted by Gasteiger charge is 2.31. The van der Waals surface area contributed by atoms with Crippen molar-refractivity contribution in [3.63, 3.8) is 0 Å². The van der Waals surface area contributed by atoms with E-state index in [9.17, 15) is 9.90 Å². The molecular weight excluding hydrogens is 406 g/mol. The molecule has 0 aromatic heterocycles. The van der Waals surface area contributed by atoms with E-state index in [0.29, 0.717) is 25.4 Å². The summed E-state index contributed by atoms with van der Waals surface area (Å²) in [4.78, 5) is 16.8. The minimum atomic E-state index is -0.600. The maximum atomic E-state index is 12.4. The molecule has 0 bridgehead atoms. The van der Waals surface area contributed by atoms with E-state index in [1.165, 1.54) is 5.56 Å². The van der Waals surface area contributed by atoms with Crippen LogP contribution in [0.2, 0.25) is 0 Å². The smallest absolute Gasteiger partial charge is 0.239 e. The average molecular weight is 442 g/mol. The van der Waals surface area contributed by atoms with E-state index in [-0.39, 0.29) is 12.5 Å². The molecule has 7 nitrogen and oxygen atoms in total. The van der Waals surface area contributed by atoms with Crippen LogP contribution in [0.4, 0.5) is 0 Å². The van der Waals surface area contributed by atoms with Crippen molar-refractivity contribution in [2.45, 2.75) is 32.9 Å². The summed E-state index contributed by atoms with van der Waals surface area (Å²) in [5.41, 5.74) is 10.2. The number of methoxy groups -OCH3 is 1. The highest BCUT2D eigenvalue weighted by molar-refractivity contribution is 5.82. The van der Waals surface area contributed by atoms with Gasteiger partial charge in [-0.15, -0.1) is 0 Å². The van der Waals surface area contributed by atoms with E-state index in [1.54, 1.807) is 7.11 Å². The first kappa shape index (κ1) is 24.0. The van der Waals surface area contributed by atoms with E-state index in [4.69, 9.17) is 15.2 Å². The number of nitrogens with two attached hydrogens (primary N) is 1. The van der Waals surface area contributed by atoms with Crippen molar-refractivity contribution >= 4 is 5.91 Å². The quantitative estimate of drug-likeness (QED) is 0.620. The number of aryl methyl sites for hydroxylation is 3. The zero-order valence-corrected chi connectivity index (χ0v) is 19.5. The monoisotopic (exact) mass is 441 g/mol. The summed E-state index contributed by atoms with van der Waals surface area (Å²) in [5.74, 6) is 1.14. The third kappa shape index (κ3) is 6.00. The first-order chi connectivity index (χ1) is 15.3. The molecule has 1 saturated heterocycles. The van der Waals surface area contributed by atoms with Crippen molar-refractivity contribution < 1.29 is 19.4 Å². The molecular formula is C25H35N3O4. The Morgan fingerprint density at radius 3 is 2.12 bits per heavy atom. The van der Waals surface area contributed by atoms with Gasteiger partial charge >= 0.3 is 0 Å². The number of carbonyl (C=O) groups is 1.